The molecule has 1 saturated heterocycles. The number of H-pyrrole nitrogens is 1. The SMILES string of the molecule is CNS(=O)(=O)C[C@H]1O[C@@H](n2cnc3c(=O)[nH]c(N)nc32)[C@H](OC)[C@@H]1OC. The molecule has 2 aromatic rings. The van der Waals surface area contributed by atoms with Gasteiger partial charge in [-0.05, 0) is 7.05 Å². The van der Waals surface area contributed by atoms with Crippen LogP contribution in [-0.4, -0.2) is 73.3 Å². The summed E-state index contributed by atoms with van der Waals surface area (Å²) in [6.45, 7) is 0. The number of hydrogen-bond acceptors (Lipinski definition) is 9. The summed E-state index contributed by atoms with van der Waals surface area (Å²) in [6, 6.07) is 0. The van der Waals surface area contributed by atoms with Crippen LogP contribution in [0.25, 0.3) is 11.2 Å². The van der Waals surface area contributed by atoms with Crippen molar-refractivity contribution in [2.45, 2.75) is 24.5 Å². The van der Waals surface area contributed by atoms with E-state index in [-0.39, 0.29) is 22.9 Å². The number of rotatable bonds is 6. The van der Waals surface area contributed by atoms with E-state index in [1.165, 1.54) is 32.2 Å². The van der Waals surface area contributed by atoms with E-state index in [1.807, 2.05) is 0 Å². The smallest absolute Gasteiger partial charge is 0.280 e. The Morgan fingerprint density at radius 2 is 2.08 bits per heavy atom. The number of sulfonamides is 1. The summed E-state index contributed by atoms with van der Waals surface area (Å²) in [7, 11) is 0.660. The lowest BCUT2D eigenvalue weighted by Crippen LogP contribution is -2.40. The number of hydrogen-bond donors (Lipinski definition) is 3. The van der Waals surface area contributed by atoms with E-state index in [9.17, 15) is 13.2 Å². The highest BCUT2D eigenvalue weighted by Gasteiger charge is 2.48. The van der Waals surface area contributed by atoms with Crippen molar-refractivity contribution in [3.8, 4) is 0 Å². The summed E-state index contributed by atoms with van der Waals surface area (Å²) >= 11 is 0. The van der Waals surface area contributed by atoms with Crippen molar-refractivity contribution in [1.29, 1.82) is 0 Å². The van der Waals surface area contributed by atoms with Crippen molar-refractivity contribution in [3.05, 3.63) is 16.7 Å². The van der Waals surface area contributed by atoms with Crippen LogP contribution in [0.1, 0.15) is 6.23 Å². The van der Waals surface area contributed by atoms with Crippen molar-refractivity contribution in [1.82, 2.24) is 24.2 Å². The predicted molar refractivity (Wildman–Crippen MR) is 90.9 cm³/mol. The molecule has 0 aliphatic carbocycles. The molecule has 1 fully saturated rings. The summed E-state index contributed by atoms with van der Waals surface area (Å²) in [6.07, 6.45) is -1.56. The van der Waals surface area contributed by atoms with Gasteiger partial charge in [0.25, 0.3) is 5.56 Å². The molecule has 26 heavy (non-hydrogen) atoms. The molecule has 1 aliphatic heterocycles. The number of methoxy groups -OCH3 is 2. The number of nitrogens with two attached hydrogens (primary N) is 1. The molecule has 3 heterocycles. The number of anilines is 1. The summed E-state index contributed by atoms with van der Waals surface area (Å²) in [4.78, 5) is 22.4. The Bertz CT molecular complexity index is 956. The minimum atomic E-state index is -3.55. The van der Waals surface area contributed by atoms with Crippen LogP contribution < -0.4 is 16.0 Å². The van der Waals surface area contributed by atoms with E-state index in [2.05, 4.69) is 19.7 Å². The number of ether oxygens (including phenoxy) is 3. The van der Waals surface area contributed by atoms with Crippen LogP contribution in [0.3, 0.4) is 0 Å². The molecule has 12 nitrogen and oxygen atoms in total. The second kappa shape index (κ2) is 6.92. The number of aromatic nitrogens is 4. The van der Waals surface area contributed by atoms with Gasteiger partial charge in [-0.1, -0.05) is 0 Å². The topological polar surface area (TPSA) is 163 Å². The highest BCUT2D eigenvalue weighted by molar-refractivity contribution is 7.89. The zero-order valence-corrected chi connectivity index (χ0v) is 15.2. The second-order valence-electron chi connectivity index (χ2n) is 5.73. The Labute approximate surface area is 148 Å². The van der Waals surface area contributed by atoms with Crippen LogP contribution in [-0.2, 0) is 24.2 Å². The molecule has 0 radical (unpaired) electrons. The van der Waals surface area contributed by atoms with Gasteiger partial charge >= 0.3 is 0 Å². The van der Waals surface area contributed by atoms with Gasteiger partial charge in [0, 0.05) is 14.2 Å². The third-order valence-corrected chi connectivity index (χ3v) is 5.64. The third kappa shape index (κ3) is 3.19. The first-order valence-corrected chi connectivity index (χ1v) is 9.31. The fourth-order valence-corrected chi connectivity index (χ4v) is 3.90. The summed E-state index contributed by atoms with van der Waals surface area (Å²) < 4.78 is 44.4. The van der Waals surface area contributed by atoms with E-state index in [0.717, 1.165) is 0 Å². The molecule has 0 saturated carbocycles. The molecule has 2 aromatic heterocycles. The Hall–Kier alpha value is -2.06. The van der Waals surface area contributed by atoms with Crippen molar-refractivity contribution >= 4 is 27.1 Å². The van der Waals surface area contributed by atoms with Gasteiger partial charge in [-0.15, -0.1) is 0 Å². The largest absolute Gasteiger partial charge is 0.376 e. The molecule has 0 unspecified atom stereocenters. The lowest BCUT2D eigenvalue weighted by molar-refractivity contribution is -0.0505. The maximum absolute atomic E-state index is 12.0. The van der Waals surface area contributed by atoms with E-state index < -0.39 is 40.1 Å². The average molecular weight is 388 g/mol. The molecule has 13 heteroatoms. The molecule has 0 aromatic carbocycles. The molecular formula is C13H20N6O6S. The maximum Gasteiger partial charge on any atom is 0.280 e. The van der Waals surface area contributed by atoms with Gasteiger partial charge in [0.1, 0.15) is 18.3 Å². The minimum absolute atomic E-state index is 0.0752. The number of nitrogen functional groups attached to an aromatic ring is 1. The fraction of sp³-hybridized carbons (Fsp3) is 0.615. The number of aromatic amines is 1. The van der Waals surface area contributed by atoms with Gasteiger partial charge in [-0.25, -0.2) is 18.1 Å². The van der Waals surface area contributed by atoms with Crippen molar-refractivity contribution < 1.29 is 22.6 Å². The highest BCUT2D eigenvalue weighted by atomic mass is 32.2. The van der Waals surface area contributed by atoms with Crippen molar-refractivity contribution in [3.63, 3.8) is 0 Å². The van der Waals surface area contributed by atoms with Crippen molar-refractivity contribution in [2.75, 3.05) is 32.8 Å². The Morgan fingerprint density at radius 3 is 2.69 bits per heavy atom. The standard InChI is InChI=1S/C13H20N6O6S/c1-15-26(21,22)4-6-8(23-2)9(24-3)12(25-6)19-5-16-7-10(19)17-13(14)18-11(7)20/h5-6,8-9,12,15H,4H2,1-3H3,(H3,14,17,18,20)/t6-,8-,9-,12-/m1/s1. The van der Waals surface area contributed by atoms with E-state index >= 15 is 0 Å². The molecule has 0 bridgehead atoms. The van der Waals surface area contributed by atoms with Gasteiger partial charge in [0.05, 0.1) is 12.1 Å². The van der Waals surface area contributed by atoms with Crippen LogP contribution in [0, 0.1) is 0 Å². The lowest BCUT2D eigenvalue weighted by atomic mass is 10.1. The fourth-order valence-electron chi connectivity index (χ4n) is 3.03. The van der Waals surface area contributed by atoms with Crippen LogP contribution in [0.2, 0.25) is 0 Å². The predicted octanol–water partition coefficient (Wildman–Crippen LogP) is -1.82. The minimum Gasteiger partial charge on any atom is -0.376 e. The molecule has 144 valence electrons. The van der Waals surface area contributed by atoms with E-state index in [1.54, 1.807) is 0 Å². The normalized spacial score (nSPS) is 26.6. The molecule has 0 spiro atoms. The molecule has 1 aliphatic rings. The van der Waals surface area contributed by atoms with E-state index in [0.29, 0.717) is 0 Å². The number of nitrogens with zero attached hydrogens (tertiary/aromatic N) is 3. The first-order chi connectivity index (χ1) is 12.3. The van der Waals surface area contributed by atoms with E-state index in [4.69, 9.17) is 19.9 Å². The van der Waals surface area contributed by atoms with Crippen LogP contribution in [0.4, 0.5) is 5.95 Å². The number of imidazole rings is 1. The Morgan fingerprint density at radius 1 is 1.38 bits per heavy atom. The molecule has 3 rings (SSSR count). The van der Waals surface area contributed by atoms with Gasteiger partial charge in [-0.3, -0.25) is 14.3 Å². The number of fused-ring (bicyclic) bond motifs is 1. The van der Waals surface area contributed by atoms with Crippen LogP contribution in [0.15, 0.2) is 11.1 Å². The van der Waals surface area contributed by atoms with Gasteiger partial charge < -0.3 is 19.9 Å². The summed E-state index contributed by atoms with van der Waals surface area (Å²) in [5.41, 5.74) is 5.40. The highest BCUT2D eigenvalue weighted by Crippen LogP contribution is 2.34. The summed E-state index contributed by atoms with van der Waals surface area (Å²) in [5, 5.41) is 0. The Kier molecular flexibility index (Phi) is 4.98. The molecule has 0 amide bonds. The maximum atomic E-state index is 12.0. The zero-order chi connectivity index (χ0) is 19.1. The quantitative estimate of drug-likeness (QED) is 0.517. The summed E-state index contributed by atoms with van der Waals surface area (Å²) in [5.74, 6) is -0.393. The van der Waals surface area contributed by atoms with Crippen LogP contribution >= 0.6 is 0 Å². The third-order valence-electron chi connectivity index (χ3n) is 4.25. The molecule has 4 atom stereocenters. The average Bonchev–Trinajstić information content (AvgIpc) is 3.14. The van der Waals surface area contributed by atoms with Gasteiger partial charge in [0.15, 0.2) is 17.4 Å². The molecular weight excluding hydrogens is 368 g/mol. The van der Waals surface area contributed by atoms with Gasteiger partial charge in [0.2, 0.25) is 16.0 Å². The number of nitrogens with one attached hydrogen (secondary N) is 2. The Balaban J connectivity index is 2.03. The van der Waals surface area contributed by atoms with Gasteiger partial charge in [-0.2, -0.15) is 4.98 Å². The lowest BCUT2D eigenvalue weighted by Gasteiger charge is -2.22. The first kappa shape index (κ1) is 18.7. The van der Waals surface area contributed by atoms with Crippen molar-refractivity contribution in [2.24, 2.45) is 0 Å². The molecule has 4 N–H and O–H groups in total. The second-order valence-corrected chi connectivity index (χ2v) is 7.70. The first-order valence-electron chi connectivity index (χ1n) is 7.66. The monoisotopic (exact) mass is 388 g/mol. The zero-order valence-electron chi connectivity index (χ0n) is 14.4. The van der Waals surface area contributed by atoms with Crippen LogP contribution in [0.5, 0.6) is 0 Å².